The molecule has 0 radical (unpaired) electrons. The molecular formula is C18H18ClFN2O2. The molecule has 0 spiro atoms. The van der Waals surface area contributed by atoms with Crippen LogP contribution in [-0.2, 0) is 22.4 Å². The number of amides is 2. The zero-order valence-corrected chi connectivity index (χ0v) is 13.8. The van der Waals surface area contributed by atoms with E-state index in [2.05, 4.69) is 10.6 Å². The lowest BCUT2D eigenvalue weighted by molar-refractivity contribution is -0.139. The van der Waals surface area contributed by atoms with Crippen molar-refractivity contribution in [2.75, 3.05) is 13.1 Å². The van der Waals surface area contributed by atoms with Crippen LogP contribution in [0.15, 0.2) is 48.5 Å². The van der Waals surface area contributed by atoms with Crippen molar-refractivity contribution in [3.05, 3.63) is 70.5 Å². The second-order valence-electron chi connectivity index (χ2n) is 5.27. The van der Waals surface area contributed by atoms with Gasteiger partial charge in [-0.1, -0.05) is 35.9 Å². The maximum Gasteiger partial charge on any atom is 0.309 e. The van der Waals surface area contributed by atoms with Gasteiger partial charge in [0.2, 0.25) is 0 Å². The third kappa shape index (κ3) is 6.01. The molecule has 24 heavy (non-hydrogen) atoms. The van der Waals surface area contributed by atoms with Gasteiger partial charge < -0.3 is 10.6 Å². The van der Waals surface area contributed by atoms with Gasteiger partial charge in [-0.2, -0.15) is 0 Å². The predicted molar refractivity (Wildman–Crippen MR) is 91.3 cm³/mol. The van der Waals surface area contributed by atoms with E-state index in [4.69, 9.17) is 11.6 Å². The normalized spacial score (nSPS) is 10.2. The van der Waals surface area contributed by atoms with Crippen LogP contribution >= 0.6 is 11.6 Å². The van der Waals surface area contributed by atoms with Gasteiger partial charge in [-0.3, -0.25) is 9.59 Å². The van der Waals surface area contributed by atoms with Gasteiger partial charge in [0.1, 0.15) is 5.82 Å². The Morgan fingerprint density at radius 2 is 1.46 bits per heavy atom. The number of hydrogen-bond acceptors (Lipinski definition) is 2. The van der Waals surface area contributed by atoms with Crippen molar-refractivity contribution in [1.29, 1.82) is 0 Å². The van der Waals surface area contributed by atoms with E-state index in [0.29, 0.717) is 31.0 Å². The molecule has 2 N–H and O–H groups in total. The van der Waals surface area contributed by atoms with Gasteiger partial charge in [0.25, 0.3) is 0 Å². The first kappa shape index (κ1) is 17.9. The van der Waals surface area contributed by atoms with E-state index in [9.17, 15) is 14.0 Å². The number of benzene rings is 2. The molecule has 0 fully saturated rings. The molecule has 0 aromatic heterocycles. The van der Waals surface area contributed by atoms with Gasteiger partial charge in [-0.25, -0.2) is 4.39 Å². The van der Waals surface area contributed by atoms with Crippen molar-refractivity contribution in [2.45, 2.75) is 12.8 Å². The number of hydrogen-bond donors (Lipinski definition) is 2. The van der Waals surface area contributed by atoms with Crippen molar-refractivity contribution in [2.24, 2.45) is 0 Å². The average Bonchev–Trinajstić information content (AvgIpc) is 2.56. The Kier molecular flexibility index (Phi) is 6.75. The van der Waals surface area contributed by atoms with Gasteiger partial charge in [-0.15, -0.1) is 0 Å². The first-order valence-corrected chi connectivity index (χ1v) is 7.97. The molecule has 0 saturated heterocycles. The molecule has 2 amide bonds. The fourth-order valence-electron chi connectivity index (χ4n) is 2.14. The van der Waals surface area contributed by atoms with Crippen LogP contribution < -0.4 is 10.6 Å². The molecule has 2 rings (SSSR count). The van der Waals surface area contributed by atoms with E-state index < -0.39 is 11.8 Å². The summed E-state index contributed by atoms with van der Waals surface area (Å²) in [4.78, 5) is 23.4. The summed E-state index contributed by atoms with van der Waals surface area (Å²) in [5, 5.41) is 5.74. The molecule has 2 aromatic rings. The third-order valence-electron chi connectivity index (χ3n) is 3.41. The van der Waals surface area contributed by atoms with E-state index in [-0.39, 0.29) is 5.82 Å². The first-order valence-electron chi connectivity index (χ1n) is 7.59. The van der Waals surface area contributed by atoms with E-state index in [0.717, 1.165) is 11.1 Å². The Hall–Kier alpha value is -2.40. The van der Waals surface area contributed by atoms with Crippen LogP contribution in [0.1, 0.15) is 11.1 Å². The Balaban J connectivity index is 1.66. The maximum absolute atomic E-state index is 12.8. The summed E-state index contributed by atoms with van der Waals surface area (Å²) in [6.45, 7) is 0.663. The smallest absolute Gasteiger partial charge is 0.309 e. The molecule has 126 valence electrons. The molecule has 0 atom stereocenters. The van der Waals surface area contributed by atoms with Gasteiger partial charge in [0.05, 0.1) is 0 Å². The van der Waals surface area contributed by atoms with Crippen LogP contribution in [0.4, 0.5) is 4.39 Å². The second kappa shape index (κ2) is 9.03. The minimum atomic E-state index is -0.678. The molecule has 0 aliphatic heterocycles. The highest BCUT2D eigenvalue weighted by molar-refractivity contribution is 6.35. The van der Waals surface area contributed by atoms with Crippen molar-refractivity contribution in [1.82, 2.24) is 10.6 Å². The topological polar surface area (TPSA) is 58.2 Å². The second-order valence-corrected chi connectivity index (χ2v) is 5.70. The van der Waals surface area contributed by atoms with E-state index in [1.54, 1.807) is 18.2 Å². The van der Waals surface area contributed by atoms with Crippen LogP contribution in [0, 0.1) is 5.82 Å². The monoisotopic (exact) mass is 348 g/mol. The van der Waals surface area contributed by atoms with Gasteiger partial charge in [-0.05, 0) is 48.2 Å². The quantitative estimate of drug-likeness (QED) is 0.788. The summed E-state index contributed by atoms with van der Waals surface area (Å²) in [5.74, 6) is -1.65. The maximum atomic E-state index is 12.8. The highest BCUT2D eigenvalue weighted by Gasteiger charge is 2.11. The third-order valence-corrected chi connectivity index (χ3v) is 3.64. The number of carbonyl (C=O) groups is 2. The molecule has 0 aliphatic carbocycles. The standard InChI is InChI=1S/C18H18ClFN2O2/c19-15-3-1-2-14(12-15)9-11-22-18(24)17(23)21-10-8-13-4-6-16(20)7-5-13/h1-7,12H,8-11H2,(H,21,23)(H,22,24). The van der Waals surface area contributed by atoms with Crippen molar-refractivity contribution >= 4 is 23.4 Å². The minimum Gasteiger partial charge on any atom is -0.348 e. The average molecular weight is 349 g/mol. The van der Waals surface area contributed by atoms with Crippen molar-refractivity contribution in [3.63, 3.8) is 0 Å². The fourth-order valence-corrected chi connectivity index (χ4v) is 2.36. The Labute approximate surface area is 145 Å². The molecule has 0 bridgehead atoms. The van der Waals surface area contributed by atoms with E-state index >= 15 is 0 Å². The highest BCUT2D eigenvalue weighted by Crippen LogP contribution is 2.10. The summed E-state index contributed by atoms with van der Waals surface area (Å²) < 4.78 is 12.8. The Morgan fingerprint density at radius 1 is 0.875 bits per heavy atom. The number of nitrogens with one attached hydrogen (secondary N) is 2. The van der Waals surface area contributed by atoms with Crippen LogP contribution in [0.2, 0.25) is 5.02 Å². The molecule has 0 heterocycles. The lowest BCUT2D eigenvalue weighted by Crippen LogP contribution is -2.41. The molecule has 0 aliphatic rings. The van der Waals surface area contributed by atoms with Crippen LogP contribution in [0.3, 0.4) is 0 Å². The van der Waals surface area contributed by atoms with E-state index in [1.807, 2.05) is 18.2 Å². The number of carbonyl (C=O) groups excluding carboxylic acids is 2. The highest BCUT2D eigenvalue weighted by atomic mass is 35.5. The summed E-state index contributed by atoms with van der Waals surface area (Å²) >= 11 is 5.88. The van der Waals surface area contributed by atoms with E-state index in [1.165, 1.54) is 12.1 Å². The fraction of sp³-hybridized carbons (Fsp3) is 0.222. The Morgan fingerprint density at radius 3 is 2.04 bits per heavy atom. The lowest BCUT2D eigenvalue weighted by Gasteiger charge is -2.07. The van der Waals surface area contributed by atoms with Crippen LogP contribution in [-0.4, -0.2) is 24.9 Å². The molecule has 2 aromatic carbocycles. The van der Waals surface area contributed by atoms with Gasteiger partial charge in [0, 0.05) is 18.1 Å². The minimum absolute atomic E-state index is 0.304. The van der Waals surface area contributed by atoms with Crippen LogP contribution in [0.5, 0.6) is 0 Å². The van der Waals surface area contributed by atoms with Gasteiger partial charge in [0.15, 0.2) is 0 Å². The summed E-state index contributed by atoms with van der Waals surface area (Å²) in [7, 11) is 0. The predicted octanol–water partition coefficient (Wildman–Crippen LogP) is 2.50. The Bertz CT molecular complexity index is 704. The largest absolute Gasteiger partial charge is 0.348 e. The van der Waals surface area contributed by atoms with Crippen LogP contribution in [0.25, 0.3) is 0 Å². The number of halogens is 2. The summed E-state index contributed by atoms with van der Waals surface area (Å²) in [5.41, 5.74) is 1.87. The molecule has 0 saturated carbocycles. The molecule has 4 nitrogen and oxygen atoms in total. The molecular weight excluding hydrogens is 331 g/mol. The summed E-state index contributed by atoms with van der Waals surface area (Å²) in [6, 6.07) is 13.3. The first-order chi connectivity index (χ1) is 11.5. The van der Waals surface area contributed by atoms with Crippen molar-refractivity contribution in [3.8, 4) is 0 Å². The SMILES string of the molecule is O=C(NCCc1ccc(F)cc1)C(=O)NCCc1cccc(Cl)c1. The zero-order chi connectivity index (χ0) is 17.4. The number of rotatable bonds is 6. The zero-order valence-electron chi connectivity index (χ0n) is 13.0. The lowest BCUT2D eigenvalue weighted by atomic mass is 10.1. The molecule has 0 unspecified atom stereocenters. The van der Waals surface area contributed by atoms with Crippen molar-refractivity contribution < 1.29 is 14.0 Å². The molecule has 6 heteroatoms. The summed E-state index contributed by atoms with van der Waals surface area (Å²) in [6.07, 6.45) is 1.12. The van der Waals surface area contributed by atoms with Gasteiger partial charge >= 0.3 is 11.8 Å².